The number of benzene rings is 1. The van der Waals surface area contributed by atoms with Gasteiger partial charge in [-0.3, -0.25) is 0 Å². The minimum atomic E-state index is -0.750. The van der Waals surface area contributed by atoms with Crippen LogP contribution in [0.15, 0.2) is 24.3 Å². The molecule has 0 amide bonds. The molecule has 0 radical (unpaired) electrons. The van der Waals surface area contributed by atoms with E-state index in [-0.39, 0.29) is 5.82 Å². The molecule has 0 spiro atoms. The number of rotatable bonds is 1. The third-order valence-corrected chi connectivity index (χ3v) is 1.05. The Bertz CT molecular complexity index is 202. The largest absolute Gasteiger partial charge is 0.497 e. The molecule has 0 atom stereocenters. The summed E-state index contributed by atoms with van der Waals surface area (Å²) in [6.07, 6.45) is 0. The topological polar surface area (TPSA) is 49.7 Å². The van der Waals surface area contributed by atoms with Gasteiger partial charge in [-0.2, -0.15) is 0 Å². The van der Waals surface area contributed by atoms with Crippen molar-refractivity contribution in [3.63, 3.8) is 0 Å². The van der Waals surface area contributed by atoms with Crippen molar-refractivity contribution in [2.75, 3.05) is 7.11 Å². The van der Waals surface area contributed by atoms with Crippen LogP contribution >= 0.6 is 0 Å². The quantitative estimate of drug-likeness (QED) is 0.589. The Balaban J connectivity index is 0.000000354. The van der Waals surface area contributed by atoms with Crippen LogP contribution in [0.2, 0.25) is 0 Å². The Morgan fingerprint density at radius 2 is 1.67 bits per heavy atom. The van der Waals surface area contributed by atoms with Gasteiger partial charge in [-0.25, -0.2) is 4.39 Å². The predicted octanol–water partition coefficient (Wildman–Crippen LogP) is 0.0718. The molecule has 0 aliphatic heterocycles. The lowest BCUT2D eigenvalue weighted by Gasteiger charge is -1.95. The fourth-order valence-electron chi connectivity index (χ4n) is 0.571. The Morgan fingerprint density at radius 3 is 2.00 bits per heavy atom. The zero-order valence-electron chi connectivity index (χ0n) is 6.70. The van der Waals surface area contributed by atoms with Crippen LogP contribution in [0.3, 0.4) is 0 Å². The predicted molar refractivity (Wildman–Crippen MR) is 44.5 cm³/mol. The molecule has 0 bridgehead atoms. The highest BCUT2D eigenvalue weighted by Gasteiger charge is 1.88. The van der Waals surface area contributed by atoms with E-state index in [0.29, 0.717) is 5.75 Å². The molecule has 1 rings (SSSR count). The zero-order valence-corrected chi connectivity index (χ0v) is 6.70. The van der Waals surface area contributed by atoms with Crippen molar-refractivity contribution < 1.29 is 19.2 Å². The van der Waals surface area contributed by atoms with Gasteiger partial charge >= 0.3 is 7.69 Å². The first-order valence-corrected chi connectivity index (χ1v) is 3.26. The van der Waals surface area contributed by atoms with Gasteiger partial charge in [-0.1, -0.05) is 0 Å². The summed E-state index contributed by atoms with van der Waals surface area (Å²) in [6, 6.07) is 5.88. The normalized spacial score (nSPS) is 8.00. The lowest BCUT2D eigenvalue weighted by Crippen LogP contribution is -1.80. The van der Waals surface area contributed by atoms with Crippen LogP contribution < -0.4 is 4.74 Å². The van der Waals surface area contributed by atoms with Gasteiger partial charge in [0, 0.05) is 0 Å². The summed E-state index contributed by atoms with van der Waals surface area (Å²) in [5, 5.41) is 14.2. The minimum Gasteiger partial charge on any atom is -0.497 e. The van der Waals surface area contributed by atoms with E-state index in [1.165, 1.54) is 12.1 Å². The molecule has 0 fully saturated rings. The molecule has 3 nitrogen and oxygen atoms in total. The van der Waals surface area contributed by atoms with Crippen LogP contribution in [0.5, 0.6) is 5.75 Å². The fraction of sp³-hybridized carbons (Fsp3) is 0.143. The van der Waals surface area contributed by atoms with Crippen molar-refractivity contribution in [3.05, 3.63) is 30.1 Å². The molecular weight excluding hydrogens is 162 g/mol. The summed E-state index contributed by atoms with van der Waals surface area (Å²) in [6.45, 7) is 0. The molecule has 0 saturated heterocycles. The van der Waals surface area contributed by atoms with Crippen LogP contribution in [0.1, 0.15) is 0 Å². The Labute approximate surface area is 70.7 Å². The summed E-state index contributed by atoms with van der Waals surface area (Å²) >= 11 is 0. The van der Waals surface area contributed by atoms with E-state index in [2.05, 4.69) is 0 Å². The molecule has 0 aromatic heterocycles. The van der Waals surface area contributed by atoms with Crippen LogP contribution in [-0.4, -0.2) is 24.8 Å². The summed E-state index contributed by atoms with van der Waals surface area (Å²) < 4.78 is 17.0. The van der Waals surface area contributed by atoms with E-state index in [0.717, 1.165) is 0 Å². The maximum atomic E-state index is 12.2. The molecule has 12 heavy (non-hydrogen) atoms. The highest BCUT2D eigenvalue weighted by molar-refractivity contribution is 6.13. The second-order valence-corrected chi connectivity index (χ2v) is 1.80. The molecule has 1 aromatic rings. The van der Waals surface area contributed by atoms with Crippen molar-refractivity contribution in [1.82, 2.24) is 0 Å². The number of halogens is 1. The molecule has 0 aliphatic rings. The van der Waals surface area contributed by atoms with Crippen molar-refractivity contribution in [3.8, 4) is 5.75 Å². The third kappa shape index (κ3) is 4.70. The molecule has 0 unspecified atom stereocenters. The van der Waals surface area contributed by atoms with Crippen molar-refractivity contribution in [1.29, 1.82) is 0 Å². The van der Waals surface area contributed by atoms with E-state index in [9.17, 15) is 4.39 Å². The van der Waals surface area contributed by atoms with E-state index in [1.807, 2.05) is 0 Å². The first-order chi connectivity index (χ1) is 5.74. The van der Waals surface area contributed by atoms with Gasteiger partial charge in [0.25, 0.3) is 0 Å². The maximum absolute atomic E-state index is 12.2. The first-order valence-electron chi connectivity index (χ1n) is 3.26. The smallest absolute Gasteiger partial charge is 0.432 e. The van der Waals surface area contributed by atoms with Crippen LogP contribution in [-0.2, 0) is 0 Å². The first kappa shape index (κ1) is 10.9. The molecule has 1 aromatic carbocycles. The zero-order chi connectivity index (χ0) is 9.40. The Morgan fingerprint density at radius 1 is 1.25 bits per heavy atom. The molecule has 0 heterocycles. The summed E-state index contributed by atoms with van der Waals surface area (Å²) in [5.74, 6) is 0.437. The van der Waals surface area contributed by atoms with E-state index in [1.54, 1.807) is 19.2 Å². The average Bonchev–Trinajstić information content (AvgIpc) is 2.07. The van der Waals surface area contributed by atoms with Gasteiger partial charge in [0.2, 0.25) is 0 Å². The van der Waals surface area contributed by atoms with Gasteiger partial charge in [-0.15, -0.1) is 0 Å². The highest BCUT2D eigenvalue weighted by Crippen LogP contribution is 2.08. The number of hydrogen-bond donors (Lipinski definition) is 2. The molecular formula is C7H10BFO3. The SMILES string of the molecule is COc1ccc(F)cc1.OBO. The maximum Gasteiger partial charge on any atom is 0.432 e. The number of methoxy groups -OCH3 is 1. The van der Waals surface area contributed by atoms with Crippen LogP contribution in [0, 0.1) is 5.82 Å². The molecule has 0 aliphatic carbocycles. The Hall–Kier alpha value is -1.07. The van der Waals surface area contributed by atoms with Gasteiger partial charge in [0.1, 0.15) is 11.6 Å². The van der Waals surface area contributed by atoms with Gasteiger partial charge in [0.05, 0.1) is 7.11 Å². The standard InChI is InChI=1S/C7H7FO.BH3O2/c1-9-7-4-2-6(8)3-5-7;2-1-3/h2-5H,1H3;1-3H. The lowest BCUT2D eigenvalue weighted by molar-refractivity contribution is 0.413. The van der Waals surface area contributed by atoms with Gasteiger partial charge in [0.15, 0.2) is 0 Å². The van der Waals surface area contributed by atoms with Crippen LogP contribution in [0.25, 0.3) is 0 Å². The summed E-state index contributed by atoms with van der Waals surface area (Å²) in [4.78, 5) is 0. The monoisotopic (exact) mass is 172 g/mol. The van der Waals surface area contributed by atoms with Gasteiger partial charge in [-0.05, 0) is 24.3 Å². The molecule has 0 saturated carbocycles. The second-order valence-electron chi connectivity index (χ2n) is 1.80. The average molecular weight is 172 g/mol. The fourth-order valence-corrected chi connectivity index (χ4v) is 0.571. The van der Waals surface area contributed by atoms with E-state index in [4.69, 9.17) is 14.8 Å². The summed E-state index contributed by atoms with van der Waals surface area (Å²) in [5.41, 5.74) is 0. The second kappa shape index (κ2) is 6.63. The molecule has 66 valence electrons. The Kier molecular flexibility index (Phi) is 6.04. The van der Waals surface area contributed by atoms with E-state index >= 15 is 0 Å². The number of ether oxygens (including phenoxy) is 1. The number of hydrogen-bond acceptors (Lipinski definition) is 3. The highest BCUT2D eigenvalue weighted by atomic mass is 19.1. The summed E-state index contributed by atoms with van der Waals surface area (Å²) in [7, 11) is 0.799. The van der Waals surface area contributed by atoms with Crippen LogP contribution in [0.4, 0.5) is 4.39 Å². The van der Waals surface area contributed by atoms with Crippen molar-refractivity contribution in [2.24, 2.45) is 0 Å². The lowest BCUT2D eigenvalue weighted by atomic mass is 10.3. The van der Waals surface area contributed by atoms with E-state index < -0.39 is 7.69 Å². The molecule has 2 N–H and O–H groups in total. The van der Waals surface area contributed by atoms with Crippen molar-refractivity contribution in [2.45, 2.75) is 0 Å². The van der Waals surface area contributed by atoms with Crippen molar-refractivity contribution >= 4 is 7.69 Å². The minimum absolute atomic E-state index is 0.240. The third-order valence-electron chi connectivity index (χ3n) is 1.05. The molecule has 5 heteroatoms. The van der Waals surface area contributed by atoms with Gasteiger partial charge < -0.3 is 14.8 Å².